The monoisotopic (exact) mass is 384 g/mol. The van der Waals surface area contributed by atoms with Crippen molar-refractivity contribution in [2.45, 2.75) is 16.6 Å². The number of anilines is 2. The number of hydrogen-bond donors (Lipinski definition) is 0. The first-order valence-corrected chi connectivity index (χ1v) is 9.28. The van der Waals surface area contributed by atoms with E-state index in [9.17, 15) is 14.4 Å². The molecule has 0 radical (unpaired) electrons. The third kappa shape index (κ3) is 3.83. The van der Waals surface area contributed by atoms with Crippen molar-refractivity contribution in [3.05, 3.63) is 54.1 Å². The maximum Gasteiger partial charge on any atom is 0.338 e. The van der Waals surface area contributed by atoms with E-state index >= 15 is 0 Å². The smallest absolute Gasteiger partial charge is 0.338 e. The number of rotatable bonds is 5. The fourth-order valence-corrected chi connectivity index (χ4v) is 4.04. The molecule has 0 N–H and O–H groups in total. The molecule has 3 rings (SSSR count). The summed E-state index contributed by atoms with van der Waals surface area (Å²) < 4.78 is 4.79. The summed E-state index contributed by atoms with van der Waals surface area (Å²) in [5.74, 6) is -0.987. The van der Waals surface area contributed by atoms with Crippen LogP contribution in [0.2, 0.25) is 0 Å². The molecule has 6 nitrogen and oxygen atoms in total. The molecule has 0 bridgehead atoms. The number of carbonyl (C=O) groups is 3. The Hall–Kier alpha value is -2.80. The number of esters is 1. The fourth-order valence-electron chi connectivity index (χ4n) is 2.87. The fraction of sp³-hybridized carbons (Fsp3) is 0.250. The van der Waals surface area contributed by atoms with Gasteiger partial charge >= 0.3 is 5.97 Å². The van der Waals surface area contributed by atoms with Crippen LogP contribution in [0, 0.1) is 0 Å². The molecule has 140 valence electrons. The minimum absolute atomic E-state index is 0.0917. The second-order valence-electron chi connectivity index (χ2n) is 6.28. The first-order valence-electron chi connectivity index (χ1n) is 8.40. The van der Waals surface area contributed by atoms with Crippen LogP contribution in [0.3, 0.4) is 0 Å². The molecule has 1 aliphatic heterocycles. The van der Waals surface area contributed by atoms with E-state index in [-0.39, 0.29) is 18.2 Å². The summed E-state index contributed by atoms with van der Waals surface area (Å²) in [6.45, 7) is 0. The summed E-state index contributed by atoms with van der Waals surface area (Å²) in [6, 6.07) is 14.2. The van der Waals surface area contributed by atoms with Crippen LogP contribution < -0.4 is 9.80 Å². The molecule has 2 aromatic carbocycles. The third-order valence-corrected chi connectivity index (χ3v) is 5.55. The number of ether oxygens (including phenoxy) is 1. The zero-order valence-electron chi connectivity index (χ0n) is 15.3. The predicted octanol–water partition coefficient (Wildman–Crippen LogP) is 2.96. The van der Waals surface area contributed by atoms with E-state index in [1.807, 2.05) is 31.1 Å². The molecule has 1 heterocycles. The Bertz CT molecular complexity index is 880. The lowest BCUT2D eigenvalue weighted by atomic mass is 10.2. The summed E-state index contributed by atoms with van der Waals surface area (Å²) in [6.07, 6.45) is 0.0917. The van der Waals surface area contributed by atoms with Crippen molar-refractivity contribution < 1.29 is 19.1 Å². The van der Waals surface area contributed by atoms with Crippen molar-refractivity contribution in [2.75, 3.05) is 31.0 Å². The lowest BCUT2D eigenvalue weighted by Crippen LogP contribution is -2.31. The number of benzene rings is 2. The van der Waals surface area contributed by atoms with Gasteiger partial charge in [0.05, 0.1) is 23.6 Å². The molecule has 0 aromatic heterocycles. The van der Waals surface area contributed by atoms with E-state index in [1.165, 1.54) is 23.8 Å². The van der Waals surface area contributed by atoms with Gasteiger partial charge in [0, 0.05) is 31.1 Å². The van der Waals surface area contributed by atoms with Crippen molar-refractivity contribution >= 4 is 40.9 Å². The average Bonchev–Trinajstić information content (AvgIpc) is 2.95. The Kier molecular flexibility index (Phi) is 5.51. The average molecular weight is 384 g/mol. The molecule has 1 saturated heterocycles. The topological polar surface area (TPSA) is 66.9 Å². The quantitative estimate of drug-likeness (QED) is 0.583. The van der Waals surface area contributed by atoms with E-state index in [2.05, 4.69) is 0 Å². The number of imide groups is 1. The largest absolute Gasteiger partial charge is 0.465 e. The number of methoxy groups -OCH3 is 1. The molecule has 2 aromatic rings. The van der Waals surface area contributed by atoms with E-state index in [1.54, 1.807) is 36.4 Å². The lowest BCUT2D eigenvalue weighted by Gasteiger charge is -2.17. The van der Waals surface area contributed by atoms with Gasteiger partial charge in [0.15, 0.2) is 0 Å². The Labute approximate surface area is 162 Å². The normalized spacial score (nSPS) is 16.6. The van der Waals surface area contributed by atoms with Crippen molar-refractivity contribution in [3.8, 4) is 0 Å². The van der Waals surface area contributed by atoms with Gasteiger partial charge in [-0.25, -0.2) is 9.69 Å². The molecule has 1 atom stereocenters. The van der Waals surface area contributed by atoms with Gasteiger partial charge in [-0.05, 0) is 36.4 Å². The van der Waals surface area contributed by atoms with E-state index in [0.29, 0.717) is 16.1 Å². The molecule has 0 aliphatic carbocycles. The van der Waals surface area contributed by atoms with Gasteiger partial charge in [-0.2, -0.15) is 0 Å². The minimum Gasteiger partial charge on any atom is -0.465 e. The SMILES string of the molecule is COC(=O)c1ccccc1S[C@@H]1CC(=O)N(c2ccc(N(C)C)cc2)C1=O. The zero-order valence-corrected chi connectivity index (χ0v) is 16.2. The number of hydrogen-bond acceptors (Lipinski definition) is 6. The summed E-state index contributed by atoms with van der Waals surface area (Å²) in [5.41, 5.74) is 1.93. The molecule has 27 heavy (non-hydrogen) atoms. The van der Waals surface area contributed by atoms with Gasteiger partial charge in [0.25, 0.3) is 0 Å². The van der Waals surface area contributed by atoms with Gasteiger partial charge < -0.3 is 9.64 Å². The van der Waals surface area contributed by atoms with Crippen LogP contribution in [0.1, 0.15) is 16.8 Å². The van der Waals surface area contributed by atoms with Crippen molar-refractivity contribution in [1.29, 1.82) is 0 Å². The first kappa shape index (κ1) is 19.0. The molecular formula is C20H20N2O4S. The van der Waals surface area contributed by atoms with Gasteiger partial charge in [-0.1, -0.05) is 12.1 Å². The van der Waals surface area contributed by atoms with E-state index in [0.717, 1.165) is 5.69 Å². The highest BCUT2D eigenvalue weighted by atomic mass is 32.2. The lowest BCUT2D eigenvalue weighted by molar-refractivity contribution is -0.121. The van der Waals surface area contributed by atoms with E-state index in [4.69, 9.17) is 4.74 Å². The Morgan fingerprint density at radius 1 is 1.11 bits per heavy atom. The minimum atomic E-state index is -0.572. The van der Waals surface area contributed by atoms with Crippen LogP contribution in [0.5, 0.6) is 0 Å². The Balaban J connectivity index is 1.82. The molecule has 1 aliphatic rings. The summed E-state index contributed by atoms with van der Waals surface area (Å²) in [7, 11) is 5.16. The Morgan fingerprint density at radius 2 is 1.78 bits per heavy atom. The summed E-state index contributed by atoms with van der Waals surface area (Å²) in [5, 5.41) is -0.572. The van der Waals surface area contributed by atoms with Crippen LogP contribution in [0.25, 0.3) is 0 Å². The highest BCUT2D eigenvalue weighted by Gasteiger charge is 2.40. The van der Waals surface area contributed by atoms with Gasteiger partial charge in [-0.3, -0.25) is 9.59 Å². The second-order valence-corrected chi connectivity index (χ2v) is 7.52. The number of amides is 2. The van der Waals surface area contributed by atoms with Crippen LogP contribution in [-0.2, 0) is 14.3 Å². The van der Waals surface area contributed by atoms with Crippen LogP contribution in [0.15, 0.2) is 53.4 Å². The van der Waals surface area contributed by atoms with Crippen LogP contribution >= 0.6 is 11.8 Å². The maximum atomic E-state index is 12.8. The second kappa shape index (κ2) is 7.84. The van der Waals surface area contributed by atoms with Crippen molar-refractivity contribution in [1.82, 2.24) is 0 Å². The maximum absolute atomic E-state index is 12.8. The molecule has 2 amide bonds. The van der Waals surface area contributed by atoms with Crippen molar-refractivity contribution in [3.63, 3.8) is 0 Å². The highest BCUT2D eigenvalue weighted by molar-refractivity contribution is 8.00. The van der Waals surface area contributed by atoms with Gasteiger partial charge in [0.2, 0.25) is 11.8 Å². The van der Waals surface area contributed by atoms with Crippen molar-refractivity contribution in [2.24, 2.45) is 0 Å². The summed E-state index contributed by atoms with van der Waals surface area (Å²) >= 11 is 1.22. The molecule has 0 spiro atoms. The van der Waals surface area contributed by atoms with Gasteiger partial charge in [-0.15, -0.1) is 11.8 Å². The molecule has 7 heteroatoms. The third-order valence-electron chi connectivity index (χ3n) is 4.29. The molecule has 0 unspecified atom stereocenters. The first-order chi connectivity index (χ1) is 12.9. The molecular weight excluding hydrogens is 364 g/mol. The number of carbonyl (C=O) groups excluding carboxylic acids is 3. The summed E-state index contributed by atoms with van der Waals surface area (Å²) in [4.78, 5) is 41.0. The van der Waals surface area contributed by atoms with Gasteiger partial charge in [0.1, 0.15) is 0 Å². The predicted molar refractivity (Wildman–Crippen MR) is 105 cm³/mol. The molecule has 1 fully saturated rings. The number of thioether (sulfide) groups is 1. The van der Waals surface area contributed by atoms with Crippen LogP contribution in [0.4, 0.5) is 11.4 Å². The van der Waals surface area contributed by atoms with Crippen LogP contribution in [-0.4, -0.2) is 44.2 Å². The number of nitrogens with zero attached hydrogens (tertiary/aromatic N) is 2. The molecule has 0 saturated carbocycles. The van der Waals surface area contributed by atoms with E-state index < -0.39 is 11.2 Å². The standard InChI is InChI=1S/C20H20N2O4S/c1-21(2)13-8-10-14(11-9-13)22-18(23)12-17(19(22)24)27-16-7-5-4-6-15(16)20(25)26-3/h4-11,17H,12H2,1-3H3/t17-/m1/s1. The zero-order chi connectivity index (χ0) is 19.6. The highest BCUT2D eigenvalue weighted by Crippen LogP contribution is 2.36. The Morgan fingerprint density at radius 3 is 2.41 bits per heavy atom.